The number of benzene rings is 1. The van der Waals surface area contributed by atoms with Gasteiger partial charge in [-0.1, -0.05) is 44.2 Å². The normalized spacial score (nSPS) is 21.1. The monoisotopic (exact) mass is 743 g/mol. The van der Waals surface area contributed by atoms with Gasteiger partial charge in [0, 0.05) is 25.9 Å². The minimum atomic E-state index is -1.36. The molecule has 5 atom stereocenters. The summed E-state index contributed by atoms with van der Waals surface area (Å²) < 4.78 is 0. The number of carbonyl (C=O) groups is 7. The number of amides is 7. The number of hydrogen-bond donors (Lipinski definition) is 10. The summed E-state index contributed by atoms with van der Waals surface area (Å²) in [4.78, 5) is 96.5. The molecule has 2 rings (SSSR count). The third kappa shape index (κ3) is 17.2. The Morgan fingerprint density at radius 1 is 0.906 bits per heavy atom. The van der Waals surface area contributed by atoms with Gasteiger partial charge in [-0.05, 0) is 63.0 Å². The molecule has 1 aliphatic heterocycles. The quantitative estimate of drug-likeness (QED) is 0.0519. The van der Waals surface area contributed by atoms with E-state index in [1.165, 1.54) is 0 Å². The summed E-state index contributed by atoms with van der Waals surface area (Å²) in [6.45, 7) is 4.30. The van der Waals surface area contributed by atoms with Crippen molar-refractivity contribution in [2.75, 3.05) is 19.6 Å². The third-order valence-corrected chi connectivity index (χ3v) is 8.38. The van der Waals surface area contributed by atoms with Crippen LogP contribution in [0.5, 0.6) is 0 Å². The van der Waals surface area contributed by atoms with Crippen LogP contribution in [0.25, 0.3) is 0 Å². The van der Waals surface area contributed by atoms with Crippen LogP contribution < -0.4 is 54.8 Å². The molecule has 0 aromatic heterocycles. The van der Waals surface area contributed by atoms with E-state index >= 15 is 0 Å². The molecule has 1 aliphatic rings. The van der Waals surface area contributed by atoms with E-state index in [-0.39, 0.29) is 69.4 Å². The number of rotatable bonds is 15. The van der Waals surface area contributed by atoms with Gasteiger partial charge >= 0.3 is 0 Å². The lowest BCUT2D eigenvalue weighted by Crippen LogP contribution is -2.59. The average molecular weight is 744 g/mol. The lowest BCUT2D eigenvalue weighted by Gasteiger charge is -2.27. The van der Waals surface area contributed by atoms with Gasteiger partial charge in [0.1, 0.15) is 30.2 Å². The molecule has 53 heavy (non-hydrogen) atoms. The number of nitrogens with zero attached hydrogens (tertiary/aromatic N) is 1. The number of nitrogens with two attached hydrogens (primary N) is 4. The molecule has 0 spiro atoms. The highest BCUT2D eigenvalue weighted by Crippen LogP contribution is 2.11. The number of guanidine groups is 1. The predicted octanol–water partition coefficient (Wildman–Crippen LogP) is -2.33. The fraction of sp³-hybridized carbons (Fsp3) is 0.600. The van der Waals surface area contributed by atoms with Gasteiger partial charge in [-0.25, -0.2) is 0 Å². The molecular formula is C35H57N11O7. The van der Waals surface area contributed by atoms with Crippen LogP contribution in [-0.2, 0) is 40.0 Å². The molecule has 18 heteroatoms. The van der Waals surface area contributed by atoms with Crippen LogP contribution in [0.15, 0.2) is 35.3 Å². The lowest BCUT2D eigenvalue weighted by molar-refractivity contribution is -0.135. The van der Waals surface area contributed by atoms with E-state index in [0.717, 1.165) is 5.56 Å². The first-order valence-corrected chi connectivity index (χ1v) is 18.1. The van der Waals surface area contributed by atoms with E-state index in [1.807, 2.05) is 44.2 Å². The van der Waals surface area contributed by atoms with Crippen LogP contribution in [0, 0.1) is 5.92 Å². The topological polar surface area (TPSA) is 308 Å². The van der Waals surface area contributed by atoms with Crippen molar-refractivity contribution < 1.29 is 33.6 Å². The van der Waals surface area contributed by atoms with E-state index in [9.17, 15) is 33.6 Å². The Balaban J connectivity index is 2.43. The Hall–Kier alpha value is -5.26. The zero-order chi connectivity index (χ0) is 39.3. The van der Waals surface area contributed by atoms with Gasteiger partial charge in [-0.3, -0.25) is 38.6 Å². The van der Waals surface area contributed by atoms with Crippen molar-refractivity contribution in [1.82, 2.24) is 31.9 Å². The molecule has 1 saturated heterocycles. The first kappa shape index (κ1) is 43.9. The van der Waals surface area contributed by atoms with Crippen molar-refractivity contribution in [3.05, 3.63) is 35.9 Å². The molecular weight excluding hydrogens is 686 g/mol. The van der Waals surface area contributed by atoms with Crippen molar-refractivity contribution >= 4 is 47.3 Å². The van der Waals surface area contributed by atoms with Crippen LogP contribution in [0.2, 0.25) is 0 Å². The van der Waals surface area contributed by atoms with E-state index in [2.05, 4.69) is 36.9 Å². The Labute approximate surface area is 310 Å². The van der Waals surface area contributed by atoms with Crippen molar-refractivity contribution in [3.8, 4) is 0 Å². The molecule has 1 aromatic carbocycles. The van der Waals surface area contributed by atoms with Crippen LogP contribution in [0.3, 0.4) is 0 Å². The summed E-state index contributed by atoms with van der Waals surface area (Å²) in [5, 5.41) is 16.1. The minimum absolute atomic E-state index is 0.0346. The van der Waals surface area contributed by atoms with Gasteiger partial charge in [0.25, 0.3) is 0 Å². The van der Waals surface area contributed by atoms with Crippen molar-refractivity contribution in [1.29, 1.82) is 0 Å². The zero-order valence-electron chi connectivity index (χ0n) is 30.7. The number of carbonyl (C=O) groups excluding carboxylic acids is 7. The second kappa shape index (κ2) is 23.3. The summed E-state index contributed by atoms with van der Waals surface area (Å²) in [7, 11) is 0. The number of aliphatic imine (C=N–C) groups is 1. The number of primary amides is 1. The van der Waals surface area contributed by atoms with Gasteiger partial charge in [0.05, 0.1) is 6.42 Å². The Morgan fingerprint density at radius 3 is 2.23 bits per heavy atom. The maximum atomic E-state index is 13.9. The average Bonchev–Trinajstić information content (AvgIpc) is 3.09. The van der Waals surface area contributed by atoms with E-state index in [4.69, 9.17) is 22.9 Å². The summed E-state index contributed by atoms with van der Waals surface area (Å²) in [6, 6.07) is 3.21. The number of hydrogen-bond acceptors (Lipinski definition) is 9. The molecule has 1 heterocycles. The third-order valence-electron chi connectivity index (χ3n) is 8.38. The highest BCUT2D eigenvalue weighted by molar-refractivity contribution is 5.97. The standard InChI is InChI=1S/C35H57N11O7/c1-21(2)18-26-33(52)44-24(13-9-17-41-35(38)39)31(50)45-25(30(37)49)20-29(48)40-16-7-6-12-23(32(51)46-26)43-34(53)27(42-28(47)14-8-15-36)19-22-10-4-3-5-11-22/h3-5,10-11,21,23-27H,6-9,12-20,36H2,1-2H3,(H2,37,49)(H,40,48)(H,42,47)(H,43,53)(H,44,52)(H,45,50)(H,46,51)(H4,38,39,41)/t23-,24-,25-,26-,27-/m0/s1. The Kier molecular flexibility index (Phi) is 19.3. The first-order valence-electron chi connectivity index (χ1n) is 18.1. The van der Waals surface area contributed by atoms with Crippen LogP contribution in [0.1, 0.15) is 77.2 Å². The van der Waals surface area contributed by atoms with Gasteiger partial charge < -0.3 is 54.8 Å². The second-order valence-electron chi connectivity index (χ2n) is 13.5. The first-order chi connectivity index (χ1) is 25.2. The van der Waals surface area contributed by atoms with Gasteiger partial charge in [-0.15, -0.1) is 0 Å². The molecule has 1 aromatic rings. The lowest BCUT2D eigenvalue weighted by atomic mass is 10.00. The summed E-state index contributed by atoms with van der Waals surface area (Å²) in [5.41, 5.74) is 22.7. The van der Waals surface area contributed by atoms with Crippen LogP contribution >= 0.6 is 0 Å². The summed E-state index contributed by atoms with van der Waals surface area (Å²) in [5.74, 6) is -4.83. The van der Waals surface area contributed by atoms with Gasteiger partial charge in [0.2, 0.25) is 41.4 Å². The molecule has 0 bridgehead atoms. The predicted molar refractivity (Wildman–Crippen MR) is 198 cm³/mol. The molecule has 14 N–H and O–H groups in total. The Bertz CT molecular complexity index is 1420. The van der Waals surface area contributed by atoms with Crippen LogP contribution in [0.4, 0.5) is 0 Å². The van der Waals surface area contributed by atoms with E-state index < -0.39 is 72.1 Å². The Morgan fingerprint density at radius 2 is 1.58 bits per heavy atom. The molecule has 0 aliphatic carbocycles. The molecule has 1 fully saturated rings. The molecule has 0 radical (unpaired) electrons. The fourth-order valence-electron chi connectivity index (χ4n) is 5.60. The highest BCUT2D eigenvalue weighted by Gasteiger charge is 2.33. The smallest absolute Gasteiger partial charge is 0.243 e. The second-order valence-corrected chi connectivity index (χ2v) is 13.5. The highest BCUT2D eigenvalue weighted by atomic mass is 16.2. The maximum absolute atomic E-state index is 13.9. The van der Waals surface area contributed by atoms with Crippen LogP contribution in [-0.4, -0.2) is 97.2 Å². The van der Waals surface area contributed by atoms with Gasteiger partial charge in [-0.2, -0.15) is 0 Å². The molecule has 0 saturated carbocycles. The summed E-state index contributed by atoms with van der Waals surface area (Å²) >= 11 is 0. The maximum Gasteiger partial charge on any atom is 0.243 e. The fourth-order valence-corrected chi connectivity index (χ4v) is 5.60. The van der Waals surface area contributed by atoms with Gasteiger partial charge in [0.15, 0.2) is 5.96 Å². The largest absolute Gasteiger partial charge is 0.370 e. The molecule has 7 amide bonds. The SMILES string of the molecule is CC(C)C[C@@H]1NC(=O)[C@@H](NC(=O)[C@H](Cc2ccccc2)NC(=O)CCCN)CCCCNC(=O)C[C@@H](C(N)=O)NC(=O)[C@H](CCCN=C(N)N)NC1=O. The minimum Gasteiger partial charge on any atom is -0.370 e. The van der Waals surface area contributed by atoms with E-state index in [1.54, 1.807) is 0 Å². The summed E-state index contributed by atoms with van der Waals surface area (Å²) in [6.07, 6.45) is 1.58. The molecule has 294 valence electrons. The number of nitrogens with one attached hydrogen (secondary N) is 6. The van der Waals surface area contributed by atoms with Crippen molar-refractivity contribution in [3.63, 3.8) is 0 Å². The van der Waals surface area contributed by atoms with Crippen molar-refractivity contribution in [2.24, 2.45) is 33.8 Å². The molecule has 0 unspecified atom stereocenters. The van der Waals surface area contributed by atoms with E-state index in [0.29, 0.717) is 25.8 Å². The van der Waals surface area contributed by atoms with Crippen molar-refractivity contribution in [2.45, 2.75) is 108 Å². The zero-order valence-corrected chi connectivity index (χ0v) is 30.7. The molecule has 18 nitrogen and oxygen atoms in total.